The molecule has 0 amide bonds. The Hall–Kier alpha value is -1.71. The number of aromatic nitrogens is 2. The molecule has 0 aliphatic heterocycles. The van der Waals surface area contributed by atoms with Gasteiger partial charge in [0.1, 0.15) is 11.6 Å². The smallest absolute Gasteiger partial charge is 0.258 e. The van der Waals surface area contributed by atoms with Gasteiger partial charge in [-0.05, 0) is 12.1 Å². The molecule has 0 atom stereocenters. The van der Waals surface area contributed by atoms with E-state index in [1.54, 1.807) is 0 Å². The molecular formula is C13H17FN2O. The lowest BCUT2D eigenvalue weighted by Crippen LogP contribution is -2.11. The molecule has 0 saturated carbocycles. The van der Waals surface area contributed by atoms with E-state index in [0.29, 0.717) is 23.1 Å². The molecule has 0 saturated heterocycles. The number of aryl methyl sites for hydroxylation is 1. The highest BCUT2D eigenvalue weighted by atomic mass is 19.1. The quantitative estimate of drug-likeness (QED) is 0.827. The Morgan fingerprint density at radius 2 is 1.94 bits per heavy atom. The molecule has 1 aromatic heterocycles. The van der Waals surface area contributed by atoms with Crippen molar-refractivity contribution in [2.45, 2.75) is 33.6 Å². The predicted octanol–water partition coefficient (Wildman–Crippen LogP) is 3.04. The van der Waals surface area contributed by atoms with Crippen LogP contribution in [0.25, 0.3) is 10.9 Å². The maximum atomic E-state index is 12.9. The largest absolute Gasteiger partial charge is 0.310 e. The summed E-state index contributed by atoms with van der Waals surface area (Å²) in [7, 11) is 0. The number of halogens is 1. The molecule has 1 aromatic carbocycles. The van der Waals surface area contributed by atoms with Crippen molar-refractivity contribution in [2.24, 2.45) is 0 Å². The van der Waals surface area contributed by atoms with Crippen molar-refractivity contribution >= 4 is 10.9 Å². The standard InChI is InChI=1S/C10H9FN2O.C3H8/c1-2-9-12-8-5-6(11)3-4-7(8)10(14)13-9;1-3-2/h3-5H,2H2,1H3,(H,12,13,14);3H2,1-2H3. The van der Waals surface area contributed by atoms with E-state index in [9.17, 15) is 9.18 Å². The van der Waals surface area contributed by atoms with Crippen LogP contribution in [0, 0.1) is 5.82 Å². The summed E-state index contributed by atoms with van der Waals surface area (Å²) in [5.74, 6) is 0.200. The zero-order chi connectivity index (χ0) is 12.8. The minimum atomic E-state index is -0.377. The van der Waals surface area contributed by atoms with E-state index in [-0.39, 0.29) is 11.4 Å². The Morgan fingerprint density at radius 1 is 1.29 bits per heavy atom. The summed E-state index contributed by atoms with van der Waals surface area (Å²) in [6, 6.07) is 3.96. The molecule has 17 heavy (non-hydrogen) atoms. The van der Waals surface area contributed by atoms with Crippen LogP contribution in [0.15, 0.2) is 23.0 Å². The van der Waals surface area contributed by atoms with Gasteiger partial charge in [-0.15, -0.1) is 0 Å². The van der Waals surface area contributed by atoms with Crippen LogP contribution in [0.1, 0.15) is 33.0 Å². The van der Waals surface area contributed by atoms with Gasteiger partial charge in [0, 0.05) is 12.5 Å². The van der Waals surface area contributed by atoms with Crippen molar-refractivity contribution in [1.29, 1.82) is 0 Å². The Morgan fingerprint density at radius 3 is 2.53 bits per heavy atom. The maximum Gasteiger partial charge on any atom is 0.258 e. The Kier molecular flexibility index (Phi) is 4.82. The average Bonchev–Trinajstić information content (AvgIpc) is 2.29. The fourth-order valence-corrected chi connectivity index (χ4v) is 1.33. The van der Waals surface area contributed by atoms with E-state index in [1.807, 2.05) is 6.92 Å². The number of hydrogen-bond donors (Lipinski definition) is 1. The van der Waals surface area contributed by atoms with Crippen LogP contribution >= 0.6 is 0 Å². The third kappa shape index (κ3) is 3.37. The molecule has 0 radical (unpaired) electrons. The van der Waals surface area contributed by atoms with Crippen molar-refractivity contribution in [3.8, 4) is 0 Å². The van der Waals surface area contributed by atoms with Gasteiger partial charge in [0.2, 0.25) is 0 Å². The Balaban J connectivity index is 0.000000437. The minimum Gasteiger partial charge on any atom is -0.310 e. The minimum absolute atomic E-state index is 0.216. The number of fused-ring (bicyclic) bond motifs is 1. The first-order valence-electron chi connectivity index (χ1n) is 5.80. The van der Waals surface area contributed by atoms with Gasteiger partial charge in [0.05, 0.1) is 10.9 Å². The lowest BCUT2D eigenvalue weighted by atomic mass is 10.2. The summed E-state index contributed by atoms with van der Waals surface area (Å²) in [5.41, 5.74) is 0.192. The first kappa shape index (κ1) is 13.4. The van der Waals surface area contributed by atoms with Crippen molar-refractivity contribution in [3.05, 3.63) is 40.2 Å². The van der Waals surface area contributed by atoms with Crippen LogP contribution in [-0.2, 0) is 6.42 Å². The molecule has 4 heteroatoms. The number of hydrogen-bond acceptors (Lipinski definition) is 2. The molecule has 1 N–H and O–H groups in total. The van der Waals surface area contributed by atoms with Crippen LogP contribution in [0.2, 0.25) is 0 Å². The summed E-state index contributed by atoms with van der Waals surface area (Å²) < 4.78 is 12.9. The summed E-state index contributed by atoms with van der Waals surface area (Å²) in [4.78, 5) is 18.2. The molecule has 0 aliphatic carbocycles. The molecule has 0 bridgehead atoms. The van der Waals surface area contributed by atoms with Gasteiger partial charge in [-0.2, -0.15) is 0 Å². The van der Waals surface area contributed by atoms with E-state index >= 15 is 0 Å². The van der Waals surface area contributed by atoms with E-state index in [4.69, 9.17) is 0 Å². The molecule has 0 spiro atoms. The van der Waals surface area contributed by atoms with Crippen molar-refractivity contribution in [2.75, 3.05) is 0 Å². The molecule has 1 heterocycles. The second kappa shape index (κ2) is 6.13. The highest BCUT2D eigenvalue weighted by molar-refractivity contribution is 5.77. The zero-order valence-electron chi connectivity index (χ0n) is 10.4. The molecule has 0 fully saturated rings. The number of nitrogens with zero attached hydrogens (tertiary/aromatic N) is 1. The average molecular weight is 236 g/mol. The third-order valence-corrected chi connectivity index (χ3v) is 2.05. The highest BCUT2D eigenvalue weighted by Crippen LogP contribution is 2.08. The van der Waals surface area contributed by atoms with Crippen LogP contribution in [0.4, 0.5) is 4.39 Å². The monoisotopic (exact) mass is 236 g/mol. The highest BCUT2D eigenvalue weighted by Gasteiger charge is 2.03. The van der Waals surface area contributed by atoms with Crippen LogP contribution < -0.4 is 5.56 Å². The van der Waals surface area contributed by atoms with Crippen LogP contribution in [-0.4, -0.2) is 9.97 Å². The van der Waals surface area contributed by atoms with Gasteiger partial charge in [-0.25, -0.2) is 9.37 Å². The number of benzene rings is 1. The van der Waals surface area contributed by atoms with Gasteiger partial charge in [-0.3, -0.25) is 4.79 Å². The van der Waals surface area contributed by atoms with Gasteiger partial charge in [-0.1, -0.05) is 27.2 Å². The zero-order valence-corrected chi connectivity index (χ0v) is 10.4. The van der Waals surface area contributed by atoms with Crippen LogP contribution in [0.5, 0.6) is 0 Å². The molecule has 2 rings (SSSR count). The second-order valence-electron chi connectivity index (χ2n) is 3.73. The van der Waals surface area contributed by atoms with Crippen molar-refractivity contribution in [3.63, 3.8) is 0 Å². The van der Waals surface area contributed by atoms with Gasteiger partial charge in [0.25, 0.3) is 5.56 Å². The van der Waals surface area contributed by atoms with E-state index < -0.39 is 0 Å². The summed E-state index contributed by atoms with van der Waals surface area (Å²) in [6.07, 6.45) is 1.88. The fourth-order valence-electron chi connectivity index (χ4n) is 1.33. The molecule has 3 nitrogen and oxygen atoms in total. The summed E-state index contributed by atoms with van der Waals surface area (Å²) in [5, 5.41) is 0.420. The van der Waals surface area contributed by atoms with Gasteiger partial charge in [0.15, 0.2) is 0 Å². The topological polar surface area (TPSA) is 45.8 Å². The summed E-state index contributed by atoms with van der Waals surface area (Å²) >= 11 is 0. The van der Waals surface area contributed by atoms with Crippen molar-refractivity contribution in [1.82, 2.24) is 9.97 Å². The van der Waals surface area contributed by atoms with Gasteiger partial charge < -0.3 is 4.98 Å². The molecule has 92 valence electrons. The molecule has 0 unspecified atom stereocenters. The third-order valence-electron chi connectivity index (χ3n) is 2.05. The lowest BCUT2D eigenvalue weighted by molar-refractivity contribution is 0.629. The number of nitrogens with one attached hydrogen (secondary N) is 1. The van der Waals surface area contributed by atoms with Crippen molar-refractivity contribution < 1.29 is 4.39 Å². The Bertz CT molecular complexity index is 549. The number of H-pyrrole nitrogens is 1. The normalized spacial score (nSPS) is 9.88. The van der Waals surface area contributed by atoms with E-state index in [0.717, 1.165) is 0 Å². The second-order valence-corrected chi connectivity index (χ2v) is 3.73. The first-order chi connectivity index (χ1) is 8.12. The molecular weight excluding hydrogens is 219 g/mol. The Labute approximate surface area is 99.7 Å². The number of aromatic amines is 1. The lowest BCUT2D eigenvalue weighted by Gasteiger charge is -1.99. The first-order valence-corrected chi connectivity index (χ1v) is 5.80. The maximum absolute atomic E-state index is 12.9. The van der Waals surface area contributed by atoms with Crippen LogP contribution in [0.3, 0.4) is 0 Å². The number of rotatable bonds is 1. The van der Waals surface area contributed by atoms with E-state index in [1.165, 1.54) is 24.6 Å². The summed E-state index contributed by atoms with van der Waals surface area (Å²) in [6.45, 7) is 6.13. The SMILES string of the molecule is CCC.CCc1nc2cc(F)ccc2c(=O)[nH]1. The predicted molar refractivity (Wildman–Crippen MR) is 67.7 cm³/mol. The molecule has 0 aliphatic rings. The van der Waals surface area contributed by atoms with Gasteiger partial charge >= 0.3 is 0 Å². The van der Waals surface area contributed by atoms with E-state index in [2.05, 4.69) is 23.8 Å². The fraction of sp³-hybridized carbons (Fsp3) is 0.385. The molecule has 2 aromatic rings.